The second-order valence-corrected chi connectivity index (χ2v) is 4.43. The number of imidazole rings is 1. The van der Waals surface area contributed by atoms with E-state index in [0.717, 1.165) is 0 Å². The molecule has 2 atom stereocenters. The Labute approximate surface area is 107 Å². The first-order valence-electron chi connectivity index (χ1n) is 5.79. The molecule has 0 spiro atoms. The van der Waals surface area contributed by atoms with Crippen LogP contribution in [0.25, 0.3) is 11.2 Å². The quantitative estimate of drug-likeness (QED) is 0.765. The van der Waals surface area contributed by atoms with Crippen LogP contribution in [0.1, 0.15) is 19.1 Å². The number of H-pyrrole nitrogens is 1. The van der Waals surface area contributed by atoms with E-state index in [4.69, 9.17) is 10.00 Å². The van der Waals surface area contributed by atoms with E-state index in [0.29, 0.717) is 24.0 Å². The highest BCUT2D eigenvalue weighted by molar-refractivity contribution is 5.68. The molecule has 3 rings (SSSR count). The SMILES string of the molecule is N#C[C@]1(CO)CC[C@H](n2cnc3nc[nH]c(=O)c32)O1. The molecule has 1 aliphatic rings. The zero-order valence-corrected chi connectivity index (χ0v) is 9.91. The summed E-state index contributed by atoms with van der Waals surface area (Å²) in [5, 5.41) is 18.3. The average molecular weight is 261 g/mol. The van der Waals surface area contributed by atoms with Crippen molar-refractivity contribution in [2.75, 3.05) is 6.61 Å². The van der Waals surface area contributed by atoms with Crippen molar-refractivity contribution in [3.63, 3.8) is 0 Å². The number of rotatable bonds is 2. The summed E-state index contributed by atoms with van der Waals surface area (Å²) in [5.74, 6) is 0. The van der Waals surface area contributed by atoms with Crippen molar-refractivity contribution in [3.05, 3.63) is 23.0 Å². The van der Waals surface area contributed by atoms with E-state index in [2.05, 4.69) is 15.0 Å². The minimum absolute atomic E-state index is 0.305. The van der Waals surface area contributed by atoms with Crippen LogP contribution in [0.15, 0.2) is 17.4 Å². The normalized spacial score (nSPS) is 26.6. The topological polar surface area (TPSA) is 117 Å². The second kappa shape index (κ2) is 4.15. The van der Waals surface area contributed by atoms with Gasteiger partial charge in [0.25, 0.3) is 5.56 Å². The molecule has 98 valence electrons. The zero-order valence-electron chi connectivity index (χ0n) is 9.91. The highest BCUT2D eigenvalue weighted by atomic mass is 16.5. The van der Waals surface area contributed by atoms with Gasteiger partial charge in [-0.3, -0.25) is 9.36 Å². The Hall–Kier alpha value is -2.24. The van der Waals surface area contributed by atoms with Gasteiger partial charge in [0.15, 0.2) is 16.8 Å². The standard InChI is InChI=1S/C11H11N5O3/c12-3-11(4-17)2-1-7(19-11)16-6-15-9-8(16)10(18)14-5-13-9/h5-7,17H,1-2,4H2,(H,13,14,18)/t7-,11+/m1/s1. The van der Waals surface area contributed by atoms with Crippen LogP contribution in [0.5, 0.6) is 0 Å². The minimum atomic E-state index is -1.20. The van der Waals surface area contributed by atoms with E-state index in [1.165, 1.54) is 12.7 Å². The molecule has 3 heterocycles. The fraction of sp³-hybridized carbons (Fsp3) is 0.455. The molecule has 1 saturated heterocycles. The Morgan fingerprint density at radius 1 is 1.68 bits per heavy atom. The Kier molecular flexibility index (Phi) is 2.58. The van der Waals surface area contributed by atoms with Crippen molar-refractivity contribution in [2.24, 2.45) is 0 Å². The number of ether oxygens (including phenoxy) is 1. The largest absolute Gasteiger partial charge is 0.392 e. The lowest BCUT2D eigenvalue weighted by Crippen LogP contribution is -2.31. The molecular weight excluding hydrogens is 250 g/mol. The highest BCUT2D eigenvalue weighted by Crippen LogP contribution is 2.36. The molecule has 0 unspecified atom stereocenters. The monoisotopic (exact) mass is 261 g/mol. The molecule has 2 N–H and O–H groups in total. The van der Waals surface area contributed by atoms with Gasteiger partial charge in [0.2, 0.25) is 0 Å². The number of aliphatic hydroxyl groups excluding tert-OH is 1. The Morgan fingerprint density at radius 3 is 3.21 bits per heavy atom. The number of nitrogens with one attached hydrogen (secondary N) is 1. The Balaban J connectivity index is 2.04. The van der Waals surface area contributed by atoms with Crippen LogP contribution in [0.4, 0.5) is 0 Å². The number of aromatic nitrogens is 4. The van der Waals surface area contributed by atoms with Gasteiger partial charge in [-0.25, -0.2) is 9.97 Å². The first kappa shape index (κ1) is 11.8. The molecule has 2 aromatic heterocycles. The van der Waals surface area contributed by atoms with Gasteiger partial charge in [-0.15, -0.1) is 0 Å². The number of nitriles is 1. The summed E-state index contributed by atoms with van der Waals surface area (Å²) in [7, 11) is 0. The molecular formula is C11H11N5O3. The van der Waals surface area contributed by atoms with Crippen LogP contribution in [-0.2, 0) is 4.74 Å². The van der Waals surface area contributed by atoms with Crippen LogP contribution in [0.2, 0.25) is 0 Å². The Bertz CT molecular complexity index is 715. The van der Waals surface area contributed by atoms with Gasteiger partial charge in [0, 0.05) is 0 Å². The predicted molar refractivity (Wildman–Crippen MR) is 62.9 cm³/mol. The molecule has 0 bridgehead atoms. The van der Waals surface area contributed by atoms with E-state index in [1.807, 2.05) is 6.07 Å². The summed E-state index contributed by atoms with van der Waals surface area (Å²) >= 11 is 0. The molecule has 19 heavy (non-hydrogen) atoms. The molecule has 0 saturated carbocycles. The van der Waals surface area contributed by atoms with E-state index >= 15 is 0 Å². The summed E-state index contributed by atoms with van der Waals surface area (Å²) in [6.45, 7) is -0.374. The average Bonchev–Trinajstić information content (AvgIpc) is 3.03. The third-order valence-corrected chi connectivity index (χ3v) is 3.30. The van der Waals surface area contributed by atoms with Gasteiger partial charge in [-0.2, -0.15) is 5.26 Å². The summed E-state index contributed by atoms with van der Waals surface area (Å²) in [5.41, 5.74) is -0.884. The summed E-state index contributed by atoms with van der Waals surface area (Å²) in [6, 6.07) is 1.97. The van der Waals surface area contributed by atoms with Gasteiger partial charge in [0.1, 0.15) is 12.3 Å². The summed E-state index contributed by atoms with van der Waals surface area (Å²) < 4.78 is 7.14. The Morgan fingerprint density at radius 2 is 2.53 bits per heavy atom. The van der Waals surface area contributed by atoms with E-state index in [-0.39, 0.29) is 12.2 Å². The predicted octanol–water partition coefficient (Wildman–Crippen LogP) is -0.317. The zero-order chi connectivity index (χ0) is 13.5. The second-order valence-electron chi connectivity index (χ2n) is 4.43. The molecule has 0 radical (unpaired) electrons. The maximum absolute atomic E-state index is 11.8. The first-order chi connectivity index (χ1) is 9.19. The van der Waals surface area contributed by atoms with Gasteiger partial charge in [0.05, 0.1) is 19.3 Å². The van der Waals surface area contributed by atoms with Crippen molar-refractivity contribution in [1.82, 2.24) is 19.5 Å². The molecule has 8 heteroatoms. The molecule has 1 aliphatic heterocycles. The van der Waals surface area contributed by atoms with Crippen molar-refractivity contribution in [3.8, 4) is 6.07 Å². The number of nitrogens with zero attached hydrogens (tertiary/aromatic N) is 4. The fourth-order valence-electron chi connectivity index (χ4n) is 2.27. The minimum Gasteiger partial charge on any atom is -0.392 e. The van der Waals surface area contributed by atoms with Gasteiger partial charge in [-0.05, 0) is 12.8 Å². The van der Waals surface area contributed by atoms with Crippen molar-refractivity contribution >= 4 is 11.2 Å². The third-order valence-electron chi connectivity index (χ3n) is 3.30. The van der Waals surface area contributed by atoms with Crippen LogP contribution in [0, 0.1) is 11.3 Å². The molecule has 0 aromatic carbocycles. The van der Waals surface area contributed by atoms with Crippen molar-refractivity contribution in [2.45, 2.75) is 24.7 Å². The fourth-order valence-corrected chi connectivity index (χ4v) is 2.27. The van der Waals surface area contributed by atoms with Crippen molar-refractivity contribution in [1.29, 1.82) is 5.26 Å². The maximum atomic E-state index is 11.8. The van der Waals surface area contributed by atoms with E-state index < -0.39 is 11.8 Å². The first-order valence-corrected chi connectivity index (χ1v) is 5.79. The number of hydrogen-bond donors (Lipinski definition) is 2. The van der Waals surface area contributed by atoms with Gasteiger partial charge < -0.3 is 14.8 Å². The molecule has 0 aliphatic carbocycles. The van der Waals surface area contributed by atoms with Gasteiger partial charge in [-0.1, -0.05) is 0 Å². The third kappa shape index (κ3) is 1.71. The van der Waals surface area contributed by atoms with Crippen LogP contribution >= 0.6 is 0 Å². The number of hydrogen-bond acceptors (Lipinski definition) is 6. The maximum Gasteiger partial charge on any atom is 0.277 e. The molecule has 1 fully saturated rings. The summed E-state index contributed by atoms with van der Waals surface area (Å²) in [4.78, 5) is 22.3. The van der Waals surface area contributed by atoms with Crippen LogP contribution in [0.3, 0.4) is 0 Å². The molecule has 8 nitrogen and oxygen atoms in total. The van der Waals surface area contributed by atoms with Gasteiger partial charge >= 0.3 is 0 Å². The lowest BCUT2D eigenvalue weighted by Gasteiger charge is -2.19. The van der Waals surface area contributed by atoms with Crippen molar-refractivity contribution < 1.29 is 9.84 Å². The smallest absolute Gasteiger partial charge is 0.277 e. The highest BCUT2D eigenvalue weighted by Gasteiger charge is 2.41. The number of aromatic amines is 1. The molecule has 0 amide bonds. The lowest BCUT2D eigenvalue weighted by molar-refractivity contribution is -0.0628. The van der Waals surface area contributed by atoms with Crippen LogP contribution in [-0.4, -0.2) is 36.8 Å². The molecule has 2 aromatic rings. The van der Waals surface area contributed by atoms with E-state index in [9.17, 15) is 9.90 Å². The number of fused-ring (bicyclic) bond motifs is 1. The lowest BCUT2D eigenvalue weighted by atomic mass is 10.0. The number of aliphatic hydroxyl groups is 1. The van der Waals surface area contributed by atoms with Crippen LogP contribution < -0.4 is 5.56 Å². The van der Waals surface area contributed by atoms with E-state index in [1.54, 1.807) is 4.57 Å². The summed E-state index contributed by atoms with van der Waals surface area (Å²) in [6.07, 6.45) is 3.17.